The summed E-state index contributed by atoms with van der Waals surface area (Å²) < 4.78 is 0. The molecule has 0 N–H and O–H groups in total. The van der Waals surface area contributed by atoms with Crippen LogP contribution in [0, 0.1) is 0 Å². The van der Waals surface area contributed by atoms with Crippen LogP contribution in [0.25, 0.3) is 0 Å². The van der Waals surface area contributed by atoms with E-state index in [4.69, 9.17) is 0 Å². The summed E-state index contributed by atoms with van der Waals surface area (Å²) in [6.07, 6.45) is 17.3. The maximum absolute atomic E-state index is 3.85. The molecule has 0 bridgehead atoms. The fourth-order valence-corrected chi connectivity index (χ4v) is 2.47. The monoisotopic (exact) mass is 253 g/mol. The van der Waals surface area contributed by atoms with Crippen LogP contribution in [0.15, 0.2) is 12.7 Å². The SMILES string of the molecule is C=CCC(CCCCCCCCCCC)N(C)C. The highest BCUT2D eigenvalue weighted by Gasteiger charge is 2.08. The van der Waals surface area contributed by atoms with Gasteiger partial charge in [-0.2, -0.15) is 0 Å². The van der Waals surface area contributed by atoms with Crippen molar-refractivity contribution in [2.75, 3.05) is 14.1 Å². The van der Waals surface area contributed by atoms with Crippen LogP contribution in [-0.2, 0) is 0 Å². The molecule has 0 saturated carbocycles. The number of rotatable bonds is 13. The largest absolute Gasteiger partial charge is 0.306 e. The predicted octanol–water partition coefficient (Wildman–Crippen LogP) is 5.41. The maximum Gasteiger partial charge on any atom is 0.0124 e. The van der Waals surface area contributed by atoms with E-state index in [0.29, 0.717) is 6.04 Å². The Hall–Kier alpha value is -0.300. The molecule has 0 amide bonds. The van der Waals surface area contributed by atoms with Gasteiger partial charge in [-0.1, -0.05) is 70.8 Å². The first-order chi connectivity index (χ1) is 8.72. The van der Waals surface area contributed by atoms with Gasteiger partial charge in [0, 0.05) is 6.04 Å². The molecule has 18 heavy (non-hydrogen) atoms. The Labute approximate surface area is 116 Å². The summed E-state index contributed by atoms with van der Waals surface area (Å²) in [5.74, 6) is 0. The minimum absolute atomic E-state index is 0.701. The highest BCUT2D eigenvalue weighted by atomic mass is 15.1. The van der Waals surface area contributed by atoms with E-state index in [-0.39, 0.29) is 0 Å². The Morgan fingerprint density at radius 2 is 1.39 bits per heavy atom. The van der Waals surface area contributed by atoms with Crippen molar-refractivity contribution in [1.29, 1.82) is 0 Å². The zero-order valence-corrected chi connectivity index (χ0v) is 13.1. The van der Waals surface area contributed by atoms with Crippen LogP contribution in [-0.4, -0.2) is 25.0 Å². The average Bonchev–Trinajstić information content (AvgIpc) is 2.35. The van der Waals surface area contributed by atoms with Crippen LogP contribution in [0.2, 0.25) is 0 Å². The summed E-state index contributed by atoms with van der Waals surface area (Å²) in [6, 6.07) is 0.701. The lowest BCUT2D eigenvalue weighted by molar-refractivity contribution is 0.273. The van der Waals surface area contributed by atoms with Gasteiger partial charge >= 0.3 is 0 Å². The molecule has 0 aliphatic carbocycles. The molecule has 0 aliphatic rings. The molecule has 1 heteroatoms. The highest BCUT2D eigenvalue weighted by Crippen LogP contribution is 2.14. The number of hydrogen-bond acceptors (Lipinski definition) is 1. The Balaban J connectivity index is 3.30. The van der Waals surface area contributed by atoms with Crippen LogP contribution >= 0.6 is 0 Å². The van der Waals surface area contributed by atoms with Gasteiger partial charge in [0.25, 0.3) is 0 Å². The summed E-state index contributed by atoms with van der Waals surface area (Å²) >= 11 is 0. The van der Waals surface area contributed by atoms with Crippen molar-refractivity contribution >= 4 is 0 Å². The van der Waals surface area contributed by atoms with Gasteiger partial charge in [-0.25, -0.2) is 0 Å². The normalized spacial score (nSPS) is 12.9. The Kier molecular flexibility index (Phi) is 12.9. The molecule has 1 nitrogen and oxygen atoms in total. The lowest BCUT2D eigenvalue weighted by Crippen LogP contribution is -2.27. The van der Waals surface area contributed by atoms with Crippen molar-refractivity contribution < 1.29 is 0 Å². The molecular weight excluding hydrogens is 218 g/mol. The van der Waals surface area contributed by atoms with E-state index in [1.807, 2.05) is 0 Å². The smallest absolute Gasteiger partial charge is 0.0124 e. The molecule has 0 aromatic carbocycles. The topological polar surface area (TPSA) is 3.24 Å². The second-order valence-corrected chi connectivity index (χ2v) is 5.76. The van der Waals surface area contributed by atoms with E-state index in [1.54, 1.807) is 0 Å². The first-order valence-corrected chi connectivity index (χ1v) is 7.99. The van der Waals surface area contributed by atoms with Crippen molar-refractivity contribution in [3.8, 4) is 0 Å². The van der Waals surface area contributed by atoms with Gasteiger partial charge in [0.2, 0.25) is 0 Å². The van der Waals surface area contributed by atoms with Crippen molar-refractivity contribution in [3.63, 3.8) is 0 Å². The highest BCUT2D eigenvalue weighted by molar-refractivity contribution is 4.77. The third-order valence-corrected chi connectivity index (χ3v) is 3.81. The lowest BCUT2D eigenvalue weighted by Gasteiger charge is -2.22. The van der Waals surface area contributed by atoms with Gasteiger partial charge in [0.05, 0.1) is 0 Å². The fraction of sp³-hybridized carbons (Fsp3) is 0.882. The summed E-state index contributed by atoms with van der Waals surface area (Å²) in [5, 5.41) is 0. The molecule has 108 valence electrons. The van der Waals surface area contributed by atoms with Crippen molar-refractivity contribution in [2.24, 2.45) is 0 Å². The van der Waals surface area contributed by atoms with E-state index < -0.39 is 0 Å². The van der Waals surface area contributed by atoms with E-state index in [2.05, 4.69) is 38.6 Å². The first kappa shape index (κ1) is 17.7. The zero-order chi connectivity index (χ0) is 13.6. The molecule has 0 heterocycles. The molecule has 0 aromatic rings. The molecule has 0 aromatic heterocycles. The first-order valence-electron chi connectivity index (χ1n) is 7.99. The number of nitrogens with zero attached hydrogens (tertiary/aromatic N) is 1. The van der Waals surface area contributed by atoms with Crippen molar-refractivity contribution in [2.45, 2.75) is 83.6 Å². The van der Waals surface area contributed by atoms with Crippen LogP contribution in [0.5, 0.6) is 0 Å². The Morgan fingerprint density at radius 1 is 0.889 bits per heavy atom. The van der Waals surface area contributed by atoms with Crippen LogP contribution in [0.1, 0.15) is 77.6 Å². The molecule has 0 fully saturated rings. The number of hydrogen-bond donors (Lipinski definition) is 0. The van der Waals surface area contributed by atoms with E-state index in [0.717, 1.165) is 6.42 Å². The fourth-order valence-electron chi connectivity index (χ4n) is 2.47. The molecular formula is C17H35N. The van der Waals surface area contributed by atoms with Gasteiger partial charge in [-0.05, 0) is 26.9 Å². The minimum atomic E-state index is 0.701. The number of unbranched alkanes of at least 4 members (excludes halogenated alkanes) is 8. The Bertz CT molecular complexity index is 174. The van der Waals surface area contributed by atoms with Crippen molar-refractivity contribution in [1.82, 2.24) is 4.90 Å². The van der Waals surface area contributed by atoms with Crippen LogP contribution in [0.4, 0.5) is 0 Å². The molecule has 1 atom stereocenters. The summed E-state index contributed by atoms with van der Waals surface area (Å²) in [4.78, 5) is 2.34. The molecule has 1 unspecified atom stereocenters. The van der Waals surface area contributed by atoms with Gasteiger partial charge in [0.1, 0.15) is 0 Å². The summed E-state index contributed by atoms with van der Waals surface area (Å²) in [5.41, 5.74) is 0. The minimum Gasteiger partial charge on any atom is -0.306 e. The van der Waals surface area contributed by atoms with E-state index in [1.165, 1.54) is 64.2 Å². The van der Waals surface area contributed by atoms with Gasteiger partial charge in [-0.3, -0.25) is 0 Å². The van der Waals surface area contributed by atoms with E-state index in [9.17, 15) is 0 Å². The second kappa shape index (κ2) is 13.1. The molecule has 0 aliphatic heterocycles. The molecule has 0 rings (SSSR count). The summed E-state index contributed by atoms with van der Waals surface area (Å²) in [7, 11) is 4.36. The molecule has 0 radical (unpaired) electrons. The standard InChI is InChI=1S/C17H35N/c1-5-7-8-9-10-11-12-13-14-16-17(15-6-2)18(3)4/h6,17H,2,5,7-16H2,1,3-4H3. The lowest BCUT2D eigenvalue weighted by atomic mass is 10.0. The second-order valence-electron chi connectivity index (χ2n) is 5.76. The van der Waals surface area contributed by atoms with Gasteiger partial charge < -0.3 is 4.90 Å². The molecule has 0 spiro atoms. The summed E-state index contributed by atoms with van der Waals surface area (Å²) in [6.45, 7) is 6.13. The third-order valence-electron chi connectivity index (χ3n) is 3.81. The maximum atomic E-state index is 3.85. The van der Waals surface area contributed by atoms with Gasteiger partial charge in [-0.15, -0.1) is 6.58 Å². The van der Waals surface area contributed by atoms with Crippen LogP contribution < -0.4 is 0 Å². The van der Waals surface area contributed by atoms with Crippen molar-refractivity contribution in [3.05, 3.63) is 12.7 Å². The molecule has 0 saturated heterocycles. The van der Waals surface area contributed by atoms with Gasteiger partial charge in [0.15, 0.2) is 0 Å². The average molecular weight is 253 g/mol. The zero-order valence-electron chi connectivity index (χ0n) is 13.1. The third kappa shape index (κ3) is 10.8. The van der Waals surface area contributed by atoms with Crippen LogP contribution in [0.3, 0.4) is 0 Å². The predicted molar refractivity (Wildman–Crippen MR) is 84.1 cm³/mol. The van der Waals surface area contributed by atoms with E-state index >= 15 is 0 Å². The quantitative estimate of drug-likeness (QED) is 0.313. The Morgan fingerprint density at radius 3 is 1.83 bits per heavy atom.